The van der Waals surface area contributed by atoms with Crippen molar-refractivity contribution in [3.05, 3.63) is 29.6 Å². The zero-order chi connectivity index (χ0) is 15.6. The van der Waals surface area contributed by atoms with Gasteiger partial charge in [-0.25, -0.2) is 0 Å². The van der Waals surface area contributed by atoms with Crippen LogP contribution < -0.4 is 0 Å². The molecular formula is C17H26N2OS. The van der Waals surface area contributed by atoms with Gasteiger partial charge in [0, 0.05) is 12.4 Å². The summed E-state index contributed by atoms with van der Waals surface area (Å²) < 4.78 is 5.70. The van der Waals surface area contributed by atoms with E-state index in [-0.39, 0.29) is 5.60 Å². The first kappa shape index (κ1) is 18.0. The molecule has 0 radical (unpaired) electrons. The molecule has 1 rings (SSSR count). The van der Waals surface area contributed by atoms with Crippen molar-refractivity contribution in [1.29, 1.82) is 5.26 Å². The third kappa shape index (κ3) is 9.49. The third-order valence-electron chi connectivity index (χ3n) is 2.84. The molecule has 0 fully saturated rings. The summed E-state index contributed by atoms with van der Waals surface area (Å²) in [5.41, 5.74) is 1.92. The number of hydrogen-bond acceptors (Lipinski definition) is 4. The van der Waals surface area contributed by atoms with Gasteiger partial charge >= 0.3 is 0 Å². The second kappa shape index (κ2) is 9.81. The number of aromatic nitrogens is 1. The number of pyridine rings is 1. The largest absolute Gasteiger partial charge is 0.376 e. The first-order valence-electron chi connectivity index (χ1n) is 7.55. The number of nitriles is 1. The highest BCUT2D eigenvalue weighted by Crippen LogP contribution is 2.14. The number of unbranched alkanes of at least 4 members (excludes halogenated alkanes) is 2. The molecule has 0 spiro atoms. The molecule has 0 aliphatic rings. The smallest absolute Gasteiger partial charge is 0.0774 e. The van der Waals surface area contributed by atoms with E-state index in [1.165, 1.54) is 12.8 Å². The van der Waals surface area contributed by atoms with Crippen LogP contribution in [0, 0.1) is 11.3 Å². The van der Waals surface area contributed by atoms with Gasteiger partial charge < -0.3 is 4.74 Å². The van der Waals surface area contributed by atoms with Gasteiger partial charge in [0.05, 0.1) is 29.5 Å². The molecule has 0 aliphatic heterocycles. The van der Waals surface area contributed by atoms with Crippen molar-refractivity contribution in [3.8, 4) is 6.07 Å². The Kier molecular flexibility index (Phi) is 8.41. The zero-order valence-electron chi connectivity index (χ0n) is 13.4. The van der Waals surface area contributed by atoms with E-state index in [0.717, 1.165) is 35.9 Å². The molecule has 0 unspecified atom stereocenters. The number of nitrogens with zero attached hydrogens (tertiary/aromatic N) is 2. The number of ether oxygens (including phenoxy) is 1. The van der Waals surface area contributed by atoms with E-state index in [9.17, 15) is 0 Å². The fourth-order valence-electron chi connectivity index (χ4n) is 1.83. The summed E-state index contributed by atoms with van der Waals surface area (Å²) in [7, 11) is 0. The van der Waals surface area contributed by atoms with Gasteiger partial charge in [-0.15, -0.1) is 0 Å². The summed E-state index contributed by atoms with van der Waals surface area (Å²) in [4.78, 5) is 4.47. The van der Waals surface area contributed by atoms with Crippen molar-refractivity contribution in [1.82, 2.24) is 4.98 Å². The van der Waals surface area contributed by atoms with Gasteiger partial charge in [-0.3, -0.25) is 4.98 Å². The Hall–Kier alpha value is -1.05. The zero-order valence-corrected chi connectivity index (χ0v) is 14.2. The van der Waals surface area contributed by atoms with Crippen LogP contribution in [-0.2, 0) is 16.9 Å². The number of thioether (sulfide) groups is 1. The van der Waals surface area contributed by atoms with E-state index >= 15 is 0 Å². The maximum atomic E-state index is 8.67. The SMILES string of the molecule is CC(C)(C)OCCCCCSCc1cccc(CC#N)n1. The van der Waals surface area contributed by atoms with Crippen LogP contribution in [0.25, 0.3) is 0 Å². The van der Waals surface area contributed by atoms with Crippen LogP contribution in [0.2, 0.25) is 0 Å². The summed E-state index contributed by atoms with van der Waals surface area (Å²) in [6, 6.07) is 8.06. The monoisotopic (exact) mass is 306 g/mol. The quantitative estimate of drug-likeness (QED) is 0.636. The van der Waals surface area contributed by atoms with Crippen molar-refractivity contribution in [3.63, 3.8) is 0 Å². The molecule has 0 saturated heterocycles. The van der Waals surface area contributed by atoms with Gasteiger partial charge in [0.25, 0.3) is 0 Å². The standard InChI is InChI=1S/C17H26N2OS/c1-17(2,3)20-12-5-4-6-13-21-14-16-9-7-8-15(19-16)10-11-18/h7-9H,4-6,10,12-14H2,1-3H3. The Morgan fingerprint density at radius 2 is 1.95 bits per heavy atom. The Balaban J connectivity index is 2.07. The molecule has 0 aromatic carbocycles. The van der Waals surface area contributed by atoms with Crippen LogP contribution >= 0.6 is 11.8 Å². The molecule has 21 heavy (non-hydrogen) atoms. The number of rotatable bonds is 9. The van der Waals surface area contributed by atoms with Crippen LogP contribution in [0.3, 0.4) is 0 Å². The Morgan fingerprint density at radius 1 is 1.19 bits per heavy atom. The van der Waals surface area contributed by atoms with Crippen LogP contribution in [0.15, 0.2) is 18.2 Å². The molecule has 0 N–H and O–H groups in total. The lowest BCUT2D eigenvalue weighted by Gasteiger charge is -2.19. The highest BCUT2D eigenvalue weighted by Gasteiger charge is 2.08. The molecule has 116 valence electrons. The summed E-state index contributed by atoms with van der Waals surface area (Å²) >= 11 is 1.91. The molecule has 0 atom stereocenters. The minimum absolute atomic E-state index is 0.0190. The van der Waals surface area contributed by atoms with Gasteiger partial charge in [0.2, 0.25) is 0 Å². The molecule has 0 amide bonds. The van der Waals surface area contributed by atoms with Gasteiger partial charge in [-0.2, -0.15) is 17.0 Å². The molecule has 4 heteroatoms. The molecule has 0 aliphatic carbocycles. The molecule has 1 aromatic heterocycles. The Bertz CT molecular complexity index is 449. The minimum Gasteiger partial charge on any atom is -0.376 e. The van der Waals surface area contributed by atoms with Crippen LogP contribution in [0.4, 0.5) is 0 Å². The van der Waals surface area contributed by atoms with E-state index in [4.69, 9.17) is 10.00 Å². The second-order valence-electron chi connectivity index (χ2n) is 6.03. The number of hydrogen-bond donors (Lipinski definition) is 0. The molecule has 0 bridgehead atoms. The fourth-order valence-corrected chi connectivity index (χ4v) is 2.75. The maximum absolute atomic E-state index is 8.67. The van der Waals surface area contributed by atoms with Gasteiger partial charge in [-0.1, -0.05) is 12.5 Å². The Labute approximate surface area is 133 Å². The van der Waals surface area contributed by atoms with Crippen LogP contribution in [-0.4, -0.2) is 22.9 Å². The predicted molar refractivity (Wildman–Crippen MR) is 89.3 cm³/mol. The topological polar surface area (TPSA) is 45.9 Å². The summed E-state index contributed by atoms with van der Waals surface area (Å²) in [5.74, 6) is 2.08. The van der Waals surface area contributed by atoms with E-state index in [2.05, 4.69) is 31.8 Å². The third-order valence-corrected chi connectivity index (χ3v) is 3.92. The van der Waals surface area contributed by atoms with E-state index in [1.807, 2.05) is 30.0 Å². The molecule has 1 heterocycles. The summed E-state index contributed by atoms with van der Waals surface area (Å²) in [6.45, 7) is 7.13. The summed E-state index contributed by atoms with van der Waals surface area (Å²) in [5, 5.41) is 8.67. The molecule has 0 saturated carbocycles. The highest BCUT2D eigenvalue weighted by atomic mass is 32.2. The average Bonchev–Trinajstić information content (AvgIpc) is 2.41. The maximum Gasteiger partial charge on any atom is 0.0774 e. The first-order valence-corrected chi connectivity index (χ1v) is 8.70. The normalized spacial score (nSPS) is 11.3. The van der Waals surface area contributed by atoms with Crippen molar-refractivity contribution in [2.24, 2.45) is 0 Å². The van der Waals surface area contributed by atoms with Crippen molar-refractivity contribution in [2.75, 3.05) is 12.4 Å². The van der Waals surface area contributed by atoms with Gasteiger partial charge in [0.1, 0.15) is 0 Å². The minimum atomic E-state index is -0.0190. The van der Waals surface area contributed by atoms with Crippen LogP contribution in [0.5, 0.6) is 0 Å². The van der Waals surface area contributed by atoms with E-state index < -0.39 is 0 Å². The molecule has 3 nitrogen and oxygen atoms in total. The van der Waals surface area contributed by atoms with Gasteiger partial charge in [0.15, 0.2) is 0 Å². The lowest BCUT2D eigenvalue weighted by molar-refractivity contribution is -0.00458. The highest BCUT2D eigenvalue weighted by molar-refractivity contribution is 7.98. The fraction of sp³-hybridized carbons (Fsp3) is 0.647. The lowest BCUT2D eigenvalue weighted by Crippen LogP contribution is -2.19. The van der Waals surface area contributed by atoms with Gasteiger partial charge in [-0.05, 0) is 51.5 Å². The van der Waals surface area contributed by atoms with E-state index in [0.29, 0.717) is 6.42 Å². The second-order valence-corrected chi connectivity index (χ2v) is 7.13. The van der Waals surface area contributed by atoms with Crippen molar-refractivity contribution >= 4 is 11.8 Å². The summed E-state index contributed by atoms with van der Waals surface area (Å²) in [6.07, 6.45) is 3.96. The van der Waals surface area contributed by atoms with Crippen molar-refractivity contribution in [2.45, 2.75) is 57.8 Å². The van der Waals surface area contributed by atoms with E-state index in [1.54, 1.807) is 0 Å². The van der Waals surface area contributed by atoms with Crippen molar-refractivity contribution < 1.29 is 4.74 Å². The first-order chi connectivity index (χ1) is 10.0. The lowest BCUT2D eigenvalue weighted by atomic mass is 10.2. The Morgan fingerprint density at radius 3 is 2.67 bits per heavy atom. The molecule has 1 aromatic rings. The molecular weight excluding hydrogens is 280 g/mol. The average molecular weight is 306 g/mol. The van der Waals surface area contributed by atoms with Crippen LogP contribution in [0.1, 0.15) is 51.4 Å². The predicted octanol–water partition coefficient (Wildman–Crippen LogP) is 4.37.